The maximum atomic E-state index is 12.3. The zero-order chi connectivity index (χ0) is 17.2. The van der Waals surface area contributed by atoms with Crippen LogP contribution in [0.2, 0.25) is 0 Å². The lowest BCUT2D eigenvalue weighted by Crippen LogP contribution is -2.36. The van der Waals surface area contributed by atoms with Crippen molar-refractivity contribution in [2.75, 3.05) is 6.54 Å². The number of nitrogens with one attached hydrogen (secondary N) is 1. The van der Waals surface area contributed by atoms with Crippen molar-refractivity contribution in [2.45, 2.75) is 26.6 Å². The first-order valence-corrected chi connectivity index (χ1v) is 7.04. The van der Waals surface area contributed by atoms with Crippen LogP contribution in [0.5, 0.6) is 0 Å². The third kappa shape index (κ3) is 4.08. The van der Waals surface area contributed by atoms with Crippen molar-refractivity contribution < 1.29 is 18.0 Å². The van der Waals surface area contributed by atoms with Crippen molar-refractivity contribution in [1.82, 2.24) is 15.1 Å². The Bertz CT molecular complexity index is 782. The van der Waals surface area contributed by atoms with Gasteiger partial charge in [-0.15, -0.1) is 0 Å². The smallest absolute Gasteiger partial charge is 0.342 e. The van der Waals surface area contributed by atoms with Gasteiger partial charge >= 0.3 is 6.18 Å². The van der Waals surface area contributed by atoms with E-state index >= 15 is 0 Å². The molecule has 1 aromatic carbocycles. The lowest BCUT2D eigenvalue weighted by Gasteiger charge is -2.13. The first-order valence-electron chi connectivity index (χ1n) is 7.04. The third-order valence-electron chi connectivity index (χ3n) is 3.07. The molecule has 1 heterocycles. The van der Waals surface area contributed by atoms with Gasteiger partial charge in [0.2, 0.25) is 0 Å². The molecule has 23 heavy (non-hydrogen) atoms. The van der Waals surface area contributed by atoms with Crippen molar-refractivity contribution >= 4 is 16.7 Å². The molecule has 2 rings (SSSR count). The van der Waals surface area contributed by atoms with E-state index in [2.05, 4.69) is 5.10 Å². The van der Waals surface area contributed by atoms with Crippen molar-refractivity contribution in [3.05, 3.63) is 40.3 Å². The van der Waals surface area contributed by atoms with E-state index in [9.17, 15) is 22.8 Å². The monoisotopic (exact) mass is 327 g/mol. The van der Waals surface area contributed by atoms with Gasteiger partial charge < -0.3 is 5.32 Å². The molecular weight excluding hydrogens is 311 g/mol. The summed E-state index contributed by atoms with van der Waals surface area (Å²) in [6, 6.07) is 6.24. The molecule has 124 valence electrons. The predicted octanol–water partition coefficient (Wildman–Crippen LogP) is 2.34. The summed E-state index contributed by atoms with van der Waals surface area (Å²) in [5, 5.41) is 6.24. The summed E-state index contributed by atoms with van der Waals surface area (Å²) in [4.78, 5) is 24.4. The third-order valence-corrected chi connectivity index (χ3v) is 3.07. The normalized spacial score (nSPS) is 11.9. The van der Waals surface area contributed by atoms with Crippen LogP contribution in [0.3, 0.4) is 0 Å². The lowest BCUT2D eigenvalue weighted by atomic mass is 10.1. The number of halogens is 3. The molecule has 0 fully saturated rings. The summed E-state index contributed by atoms with van der Waals surface area (Å²) in [5.41, 5.74) is -0.563. The fraction of sp³-hybridized carbons (Fsp3) is 0.400. The van der Waals surface area contributed by atoms with Gasteiger partial charge in [-0.25, -0.2) is 4.68 Å². The summed E-state index contributed by atoms with van der Waals surface area (Å²) in [7, 11) is 0. The van der Waals surface area contributed by atoms with Gasteiger partial charge in [0.05, 0.1) is 5.39 Å². The number of carbonyl (C=O) groups excluding carboxylic acids is 1. The molecule has 0 unspecified atom stereocenters. The molecule has 2 aromatic rings. The number of amides is 1. The van der Waals surface area contributed by atoms with Crippen LogP contribution >= 0.6 is 0 Å². The number of benzene rings is 1. The van der Waals surface area contributed by atoms with Gasteiger partial charge in [0, 0.05) is 11.9 Å². The van der Waals surface area contributed by atoms with Crippen LogP contribution < -0.4 is 10.9 Å². The Morgan fingerprint density at radius 1 is 1.26 bits per heavy atom. The molecule has 8 heteroatoms. The zero-order valence-electron chi connectivity index (χ0n) is 12.6. The van der Waals surface area contributed by atoms with Crippen LogP contribution in [0.25, 0.3) is 10.8 Å². The second kappa shape index (κ2) is 6.39. The van der Waals surface area contributed by atoms with Crippen LogP contribution in [0.15, 0.2) is 29.1 Å². The van der Waals surface area contributed by atoms with E-state index in [1.807, 2.05) is 13.8 Å². The van der Waals surface area contributed by atoms with E-state index in [4.69, 9.17) is 0 Å². The average Bonchev–Trinajstić information content (AvgIpc) is 2.46. The Kier molecular flexibility index (Phi) is 4.72. The molecule has 0 saturated carbocycles. The Balaban J connectivity index is 2.51. The Hall–Kier alpha value is -2.38. The number of carbonyl (C=O) groups is 1. The molecule has 0 radical (unpaired) electrons. The van der Waals surface area contributed by atoms with Gasteiger partial charge in [-0.1, -0.05) is 32.0 Å². The first kappa shape index (κ1) is 17.0. The predicted molar refractivity (Wildman–Crippen MR) is 79.2 cm³/mol. The molecule has 0 atom stereocenters. The minimum Gasteiger partial charge on any atom is -0.342 e. The SMILES string of the molecule is CC(C)Cn1nc(C(=O)NCC(F)(F)F)c2ccccc2c1=O. The summed E-state index contributed by atoms with van der Waals surface area (Å²) in [6.45, 7) is 2.55. The molecule has 0 bridgehead atoms. The summed E-state index contributed by atoms with van der Waals surface area (Å²) >= 11 is 0. The largest absolute Gasteiger partial charge is 0.405 e. The highest BCUT2D eigenvalue weighted by atomic mass is 19.4. The van der Waals surface area contributed by atoms with Crippen molar-refractivity contribution in [3.63, 3.8) is 0 Å². The Morgan fingerprint density at radius 3 is 2.43 bits per heavy atom. The number of hydrogen-bond acceptors (Lipinski definition) is 3. The van der Waals surface area contributed by atoms with E-state index in [-0.39, 0.29) is 34.5 Å². The Morgan fingerprint density at radius 2 is 1.87 bits per heavy atom. The number of hydrogen-bond donors (Lipinski definition) is 1. The fourth-order valence-corrected chi connectivity index (χ4v) is 2.14. The molecule has 1 amide bonds. The lowest BCUT2D eigenvalue weighted by molar-refractivity contribution is -0.123. The quantitative estimate of drug-likeness (QED) is 0.937. The minimum absolute atomic E-state index is 0.0902. The summed E-state index contributed by atoms with van der Waals surface area (Å²) in [5.74, 6) is -0.872. The number of aromatic nitrogens is 2. The van der Waals surface area contributed by atoms with Crippen molar-refractivity contribution in [2.24, 2.45) is 5.92 Å². The van der Waals surface area contributed by atoms with Crippen molar-refractivity contribution in [1.29, 1.82) is 0 Å². The molecule has 0 aliphatic heterocycles. The van der Waals surface area contributed by atoms with Crippen LogP contribution in [0.1, 0.15) is 24.3 Å². The molecule has 1 N–H and O–H groups in total. The van der Waals surface area contributed by atoms with Crippen LogP contribution in [-0.2, 0) is 6.54 Å². The summed E-state index contributed by atoms with van der Waals surface area (Å²) in [6.07, 6.45) is -4.52. The maximum absolute atomic E-state index is 12.3. The van der Waals surface area contributed by atoms with Crippen LogP contribution in [-0.4, -0.2) is 28.4 Å². The second-order valence-corrected chi connectivity index (χ2v) is 5.57. The van der Waals surface area contributed by atoms with Gasteiger partial charge in [0.1, 0.15) is 6.54 Å². The van der Waals surface area contributed by atoms with Crippen LogP contribution in [0.4, 0.5) is 13.2 Å². The molecule has 0 aliphatic carbocycles. The van der Waals surface area contributed by atoms with E-state index < -0.39 is 18.6 Å². The second-order valence-electron chi connectivity index (χ2n) is 5.57. The first-order chi connectivity index (χ1) is 10.7. The van der Waals surface area contributed by atoms with E-state index in [1.165, 1.54) is 12.1 Å². The number of rotatable bonds is 4. The fourth-order valence-electron chi connectivity index (χ4n) is 2.14. The minimum atomic E-state index is -4.52. The molecule has 5 nitrogen and oxygen atoms in total. The van der Waals surface area contributed by atoms with Gasteiger partial charge in [0.25, 0.3) is 11.5 Å². The van der Waals surface area contributed by atoms with E-state index in [0.717, 1.165) is 4.68 Å². The highest BCUT2D eigenvalue weighted by Gasteiger charge is 2.29. The molecule has 1 aromatic heterocycles. The topological polar surface area (TPSA) is 64.0 Å². The van der Waals surface area contributed by atoms with Crippen LogP contribution in [0, 0.1) is 5.92 Å². The van der Waals surface area contributed by atoms with E-state index in [0.29, 0.717) is 0 Å². The van der Waals surface area contributed by atoms with E-state index in [1.54, 1.807) is 17.4 Å². The highest BCUT2D eigenvalue weighted by Crippen LogP contribution is 2.16. The molecule has 0 aliphatic rings. The zero-order valence-corrected chi connectivity index (χ0v) is 12.6. The molecule has 0 spiro atoms. The number of nitrogens with zero attached hydrogens (tertiary/aromatic N) is 2. The van der Waals surface area contributed by atoms with Crippen molar-refractivity contribution in [3.8, 4) is 0 Å². The number of fused-ring (bicyclic) bond motifs is 1. The van der Waals surface area contributed by atoms with Gasteiger partial charge in [-0.3, -0.25) is 9.59 Å². The Labute approximate surface area is 130 Å². The summed E-state index contributed by atoms with van der Waals surface area (Å²) < 4.78 is 37.9. The van der Waals surface area contributed by atoms with Gasteiger partial charge in [-0.2, -0.15) is 18.3 Å². The highest BCUT2D eigenvalue weighted by molar-refractivity contribution is 6.04. The van der Waals surface area contributed by atoms with Gasteiger partial charge in [0.15, 0.2) is 5.69 Å². The standard InChI is InChI=1S/C15H16F3N3O2/c1-9(2)7-21-14(23)11-6-4-3-5-10(11)12(20-21)13(22)19-8-15(16,17)18/h3-6,9H,7-8H2,1-2H3,(H,19,22). The average molecular weight is 327 g/mol. The maximum Gasteiger partial charge on any atom is 0.405 e. The molecule has 0 saturated heterocycles. The molecular formula is C15H16F3N3O2. The number of alkyl halides is 3. The van der Waals surface area contributed by atoms with Gasteiger partial charge in [-0.05, 0) is 12.0 Å².